The van der Waals surface area contributed by atoms with E-state index in [4.69, 9.17) is 0 Å². The molecule has 0 heterocycles. The molecule has 0 aliphatic heterocycles. The van der Waals surface area contributed by atoms with E-state index in [1.807, 2.05) is 64.1 Å². The van der Waals surface area contributed by atoms with Gasteiger partial charge in [0, 0.05) is 13.1 Å². The van der Waals surface area contributed by atoms with Gasteiger partial charge in [0.2, 0.25) is 11.8 Å². The minimum absolute atomic E-state index is 0.0901. The third kappa shape index (κ3) is 6.98. The zero-order valence-corrected chi connectivity index (χ0v) is 22.7. The first-order valence-electron chi connectivity index (χ1n) is 12.4. The molecule has 3 rings (SSSR count). The number of rotatable bonds is 11. The number of hydrogen-bond donors (Lipinski definition) is 1. The summed E-state index contributed by atoms with van der Waals surface area (Å²) in [6.45, 7) is 7.60. The summed E-state index contributed by atoms with van der Waals surface area (Å²) < 4.78 is 28.8. The van der Waals surface area contributed by atoms with Crippen LogP contribution in [0.15, 0.2) is 83.8 Å². The summed E-state index contributed by atoms with van der Waals surface area (Å²) in [7, 11) is -4.07. The van der Waals surface area contributed by atoms with E-state index in [9.17, 15) is 18.0 Å². The number of nitrogens with zero attached hydrogens (tertiary/aromatic N) is 2. The Hall–Kier alpha value is -3.65. The van der Waals surface area contributed by atoms with Crippen LogP contribution >= 0.6 is 0 Å². The standard InChI is InChI=1S/C29H35N3O4S/c1-5-27(29(34)30-6-2)31(20-24-13-9-7-10-14-24)28(33)21-32(25-18-22(3)17-23(4)19-25)37(35,36)26-15-11-8-12-16-26/h7-19,27H,5-6,20-21H2,1-4H3,(H,30,34). The minimum Gasteiger partial charge on any atom is -0.355 e. The molecule has 0 fully saturated rings. The van der Waals surface area contributed by atoms with Crippen LogP contribution < -0.4 is 9.62 Å². The van der Waals surface area contributed by atoms with Crippen molar-refractivity contribution in [3.05, 3.63) is 95.6 Å². The van der Waals surface area contributed by atoms with Gasteiger partial charge in [-0.1, -0.05) is 61.5 Å². The largest absolute Gasteiger partial charge is 0.355 e. The molecular weight excluding hydrogens is 486 g/mol. The lowest BCUT2D eigenvalue weighted by Crippen LogP contribution is -2.52. The zero-order chi connectivity index (χ0) is 27.0. The minimum atomic E-state index is -4.07. The lowest BCUT2D eigenvalue weighted by atomic mass is 10.1. The van der Waals surface area contributed by atoms with E-state index in [2.05, 4.69) is 5.32 Å². The molecule has 0 saturated carbocycles. The van der Waals surface area contributed by atoms with Crippen LogP contribution in [-0.4, -0.2) is 44.3 Å². The van der Waals surface area contributed by atoms with Crippen molar-refractivity contribution in [1.82, 2.24) is 10.2 Å². The van der Waals surface area contributed by atoms with Crippen molar-refractivity contribution in [1.29, 1.82) is 0 Å². The highest BCUT2D eigenvalue weighted by molar-refractivity contribution is 7.92. The highest BCUT2D eigenvalue weighted by atomic mass is 32.2. The van der Waals surface area contributed by atoms with Crippen molar-refractivity contribution in [2.75, 3.05) is 17.4 Å². The van der Waals surface area contributed by atoms with Gasteiger partial charge in [-0.15, -0.1) is 0 Å². The Kier molecular flexibility index (Phi) is 9.47. The fourth-order valence-corrected chi connectivity index (χ4v) is 5.75. The quantitative estimate of drug-likeness (QED) is 0.404. The highest BCUT2D eigenvalue weighted by Gasteiger charge is 2.33. The molecule has 0 aliphatic carbocycles. The van der Waals surface area contributed by atoms with Gasteiger partial charge >= 0.3 is 0 Å². The molecule has 196 valence electrons. The first kappa shape index (κ1) is 27.9. The lowest BCUT2D eigenvalue weighted by molar-refractivity contribution is -0.140. The number of aryl methyl sites for hydroxylation is 2. The number of likely N-dealkylation sites (N-methyl/N-ethyl adjacent to an activating group) is 1. The molecule has 0 radical (unpaired) electrons. The summed E-state index contributed by atoms with van der Waals surface area (Å²) in [6.07, 6.45) is 0.388. The summed E-state index contributed by atoms with van der Waals surface area (Å²) in [5.41, 5.74) is 3.01. The normalized spacial score (nSPS) is 12.0. The third-order valence-electron chi connectivity index (χ3n) is 6.04. The second-order valence-electron chi connectivity index (χ2n) is 9.00. The van der Waals surface area contributed by atoms with Gasteiger partial charge in [0.1, 0.15) is 12.6 Å². The topological polar surface area (TPSA) is 86.8 Å². The second kappa shape index (κ2) is 12.5. The van der Waals surface area contributed by atoms with Crippen LogP contribution in [0.1, 0.15) is 37.0 Å². The van der Waals surface area contributed by atoms with E-state index in [1.165, 1.54) is 17.0 Å². The average molecular weight is 522 g/mol. The highest BCUT2D eigenvalue weighted by Crippen LogP contribution is 2.26. The van der Waals surface area contributed by atoms with E-state index >= 15 is 0 Å². The average Bonchev–Trinajstić information content (AvgIpc) is 2.87. The Labute approximate surface area is 220 Å². The first-order valence-corrected chi connectivity index (χ1v) is 13.9. The third-order valence-corrected chi connectivity index (χ3v) is 7.83. The number of carbonyl (C=O) groups excluding carboxylic acids is 2. The molecule has 2 amide bonds. The van der Waals surface area contributed by atoms with Gasteiger partial charge in [-0.05, 0) is 68.1 Å². The predicted octanol–water partition coefficient (Wildman–Crippen LogP) is 4.44. The SMILES string of the molecule is CCNC(=O)C(CC)N(Cc1ccccc1)C(=O)CN(c1cc(C)cc(C)c1)S(=O)(=O)c1ccccc1. The Morgan fingerprint density at radius 1 is 0.865 bits per heavy atom. The smallest absolute Gasteiger partial charge is 0.264 e. The zero-order valence-electron chi connectivity index (χ0n) is 21.8. The van der Waals surface area contributed by atoms with Crippen LogP contribution in [-0.2, 0) is 26.2 Å². The van der Waals surface area contributed by atoms with E-state index in [0.29, 0.717) is 18.7 Å². The molecule has 0 spiro atoms. The van der Waals surface area contributed by atoms with Gasteiger partial charge in [0.25, 0.3) is 10.0 Å². The van der Waals surface area contributed by atoms with Crippen molar-refractivity contribution < 1.29 is 18.0 Å². The summed E-state index contributed by atoms with van der Waals surface area (Å²) in [4.78, 5) is 28.4. The molecule has 3 aromatic carbocycles. The van der Waals surface area contributed by atoms with Crippen LogP contribution in [0.5, 0.6) is 0 Å². The molecule has 37 heavy (non-hydrogen) atoms. The fraction of sp³-hybridized carbons (Fsp3) is 0.310. The molecule has 0 aliphatic rings. The second-order valence-corrected chi connectivity index (χ2v) is 10.9. The van der Waals surface area contributed by atoms with Crippen molar-refractivity contribution in [2.24, 2.45) is 0 Å². The van der Waals surface area contributed by atoms with Crippen molar-refractivity contribution in [3.8, 4) is 0 Å². The van der Waals surface area contributed by atoms with E-state index < -0.39 is 28.5 Å². The van der Waals surface area contributed by atoms with E-state index in [-0.39, 0.29) is 17.3 Å². The Balaban J connectivity index is 2.07. The maximum atomic E-state index is 13.9. The van der Waals surface area contributed by atoms with Crippen molar-refractivity contribution in [2.45, 2.75) is 51.6 Å². The van der Waals surface area contributed by atoms with Crippen LogP contribution in [0.4, 0.5) is 5.69 Å². The van der Waals surface area contributed by atoms with E-state index in [1.54, 1.807) is 30.3 Å². The predicted molar refractivity (Wildman–Crippen MR) is 147 cm³/mol. The Morgan fingerprint density at radius 2 is 1.43 bits per heavy atom. The number of sulfonamides is 1. The fourth-order valence-electron chi connectivity index (χ4n) is 4.33. The summed E-state index contributed by atoms with van der Waals surface area (Å²) in [5.74, 6) is -0.723. The summed E-state index contributed by atoms with van der Waals surface area (Å²) in [5, 5.41) is 2.81. The number of amides is 2. The van der Waals surface area contributed by atoms with Gasteiger partial charge in [-0.2, -0.15) is 0 Å². The van der Waals surface area contributed by atoms with Gasteiger partial charge in [-0.3, -0.25) is 13.9 Å². The van der Waals surface area contributed by atoms with Gasteiger partial charge < -0.3 is 10.2 Å². The van der Waals surface area contributed by atoms with Crippen molar-refractivity contribution in [3.63, 3.8) is 0 Å². The van der Waals surface area contributed by atoms with Gasteiger partial charge in [-0.25, -0.2) is 8.42 Å². The molecule has 0 bridgehead atoms. The number of benzene rings is 3. The molecule has 3 aromatic rings. The van der Waals surface area contributed by atoms with E-state index in [0.717, 1.165) is 21.0 Å². The first-order chi connectivity index (χ1) is 17.7. The maximum absolute atomic E-state index is 13.9. The molecule has 1 N–H and O–H groups in total. The molecular formula is C29H35N3O4S. The number of anilines is 1. The van der Waals surface area contributed by atoms with Gasteiger partial charge in [0.05, 0.1) is 10.6 Å². The van der Waals surface area contributed by atoms with Crippen LogP contribution in [0, 0.1) is 13.8 Å². The molecule has 0 aromatic heterocycles. The number of hydrogen-bond acceptors (Lipinski definition) is 4. The van der Waals surface area contributed by atoms with Crippen LogP contribution in [0.3, 0.4) is 0 Å². The lowest BCUT2D eigenvalue weighted by Gasteiger charge is -2.33. The Bertz CT molecular complexity index is 1290. The molecule has 1 unspecified atom stereocenters. The summed E-state index contributed by atoms with van der Waals surface area (Å²) in [6, 6.07) is 22.2. The van der Waals surface area contributed by atoms with Gasteiger partial charge in [0.15, 0.2) is 0 Å². The molecule has 7 nitrogen and oxygen atoms in total. The Morgan fingerprint density at radius 3 is 1.97 bits per heavy atom. The maximum Gasteiger partial charge on any atom is 0.264 e. The number of carbonyl (C=O) groups is 2. The summed E-state index contributed by atoms with van der Waals surface area (Å²) >= 11 is 0. The van der Waals surface area contributed by atoms with Crippen LogP contribution in [0.2, 0.25) is 0 Å². The number of nitrogens with one attached hydrogen (secondary N) is 1. The molecule has 1 atom stereocenters. The van der Waals surface area contributed by atoms with Crippen LogP contribution in [0.25, 0.3) is 0 Å². The van der Waals surface area contributed by atoms with Crippen molar-refractivity contribution >= 4 is 27.5 Å². The molecule has 0 saturated heterocycles. The monoisotopic (exact) mass is 521 g/mol. The molecule has 8 heteroatoms.